The van der Waals surface area contributed by atoms with E-state index in [1.54, 1.807) is 12.1 Å². The molecule has 0 bridgehead atoms. The number of hydrogen-bond acceptors (Lipinski definition) is 3. The minimum absolute atomic E-state index is 0.115. The summed E-state index contributed by atoms with van der Waals surface area (Å²) < 4.78 is 0. The number of benzene rings is 2. The number of nitrogens with zero attached hydrogens (tertiary/aromatic N) is 1. The maximum absolute atomic E-state index is 12.3. The Balaban J connectivity index is 1.68. The van der Waals surface area contributed by atoms with Crippen molar-refractivity contribution in [3.63, 3.8) is 0 Å². The number of fused-ring (bicyclic) bond motifs is 1. The van der Waals surface area contributed by atoms with Crippen LogP contribution in [0, 0.1) is 0 Å². The molecule has 6 heteroatoms. The maximum atomic E-state index is 12.3. The Morgan fingerprint density at radius 3 is 2.81 bits per heavy atom. The Kier molecular flexibility index (Phi) is 5.31. The van der Waals surface area contributed by atoms with Gasteiger partial charge in [-0.05, 0) is 42.3 Å². The smallest absolute Gasteiger partial charge is 0.335 e. The molecule has 134 valence electrons. The summed E-state index contributed by atoms with van der Waals surface area (Å²) in [4.78, 5) is 31.1. The van der Waals surface area contributed by atoms with Crippen LogP contribution in [0.1, 0.15) is 41.5 Å². The fourth-order valence-electron chi connectivity index (χ4n) is 2.81. The molecule has 0 radical (unpaired) electrons. The van der Waals surface area contributed by atoms with Crippen molar-refractivity contribution in [1.82, 2.24) is 9.97 Å². The lowest BCUT2D eigenvalue weighted by molar-refractivity contribution is -0.115. The van der Waals surface area contributed by atoms with Crippen LogP contribution in [0.5, 0.6) is 0 Å². The Labute approximate surface area is 151 Å². The fourth-order valence-corrected chi connectivity index (χ4v) is 2.81. The lowest BCUT2D eigenvalue weighted by Crippen LogP contribution is -2.14. The van der Waals surface area contributed by atoms with Crippen LogP contribution in [0.15, 0.2) is 42.5 Å². The second kappa shape index (κ2) is 7.82. The summed E-state index contributed by atoms with van der Waals surface area (Å²) in [6, 6.07) is 12.0. The SMILES string of the molecule is CCCCc1nc2ccc(NC(=O)Cc3cccc(C(=O)O)c3)cc2[nH]1. The van der Waals surface area contributed by atoms with Gasteiger partial charge < -0.3 is 15.4 Å². The van der Waals surface area contributed by atoms with E-state index in [0.717, 1.165) is 36.1 Å². The second-order valence-electron chi connectivity index (χ2n) is 6.25. The van der Waals surface area contributed by atoms with Gasteiger partial charge in [0.1, 0.15) is 5.82 Å². The van der Waals surface area contributed by atoms with Crippen molar-refractivity contribution < 1.29 is 14.7 Å². The molecule has 0 atom stereocenters. The van der Waals surface area contributed by atoms with Crippen LogP contribution in [0.3, 0.4) is 0 Å². The Bertz CT molecular complexity index is 946. The number of unbranched alkanes of at least 4 members (excludes halogenated alkanes) is 1. The standard InChI is InChI=1S/C20H21N3O3/c1-2-3-7-18-22-16-9-8-15(12-17(16)23-18)21-19(24)11-13-5-4-6-14(10-13)20(25)26/h4-6,8-10,12H,2-3,7,11H2,1H3,(H,21,24)(H,22,23)(H,25,26). The molecular weight excluding hydrogens is 330 g/mol. The molecule has 0 saturated carbocycles. The number of carbonyl (C=O) groups is 2. The van der Waals surface area contributed by atoms with Crippen LogP contribution in [-0.2, 0) is 17.6 Å². The number of aromatic nitrogens is 2. The molecule has 0 aliphatic rings. The highest BCUT2D eigenvalue weighted by atomic mass is 16.4. The number of aromatic carboxylic acids is 1. The van der Waals surface area contributed by atoms with E-state index in [1.807, 2.05) is 18.2 Å². The van der Waals surface area contributed by atoms with Crippen molar-refractivity contribution in [1.29, 1.82) is 0 Å². The molecule has 1 heterocycles. The molecule has 3 aromatic rings. The van der Waals surface area contributed by atoms with E-state index < -0.39 is 5.97 Å². The van der Waals surface area contributed by atoms with Gasteiger partial charge in [0.25, 0.3) is 0 Å². The highest BCUT2D eigenvalue weighted by molar-refractivity contribution is 5.95. The van der Waals surface area contributed by atoms with Crippen molar-refractivity contribution >= 4 is 28.6 Å². The highest BCUT2D eigenvalue weighted by Gasteiger charge is 2.09. The largest absolute Gasteiger partial charge is 0.478 e. The van der Waals surface area contributed by atoms with E-state index in [9.17, 15) is 9.59 Å². The van der Waals surface area contributed by atoms with Gasteiger partial charge in [0.15, 0.2) is 0 Å². The number of anilines is 1. The predicted molar refractivity (Wildman–Crippen MR) is 100 cm³/mol. The number of H-pyrrole nitrogens is 1. The topological polar surface area (TPSA) is 95.1 Å². The summed E-state index contributed by atoms with van der Waals surface area (Å²) in [5.41, 5.74) is 3.29. The summed E-state index contributed by atoms with van der Waals surface area (Å²) in [6.07, 6.45) is 3.22. The van der Waals surface area contributed by atoms with E-state index in [2.05, 4.69) is 22.2 Å². The minimum Gasteiger partial charge on any atom is -0.478 e. The third kappa shape index (κ3) is 4.27. The van der Waals surface area contributed by atoms with Crippen LogP contribution in [0.2, 0.25) is 0 Å². The molecule has 0 spiro atoms. The molecule has 0 saturated heterocycles. The van der Waals surface area contributed by atoms with Crippen molar-refractivity contribution in [2.45, 2.75) is 32.6 Å². The summed E-state index contributed by atoms with van der Waals surface area (Å²) in [5, 5.41) is 11.9. The lowest BCUT2D eigenvalue weighted by Gasteiger charge is -2.06. The highest BCUT2D eigenvalue weighted by Crippen LogP contribution is 2.18. The van der Waals surface area contributed by atoms with Gasteiger partial charge in [-0.1, -0.05) is 25.5 Å². The molecule has 0 unspecified atom stereocenters. The number of nitrogens with one attached hydrogen (secondary N) is 2. The Morgan fingerprint density at radius 2 is 2.04 bits per heavy atom. The van der Waals surface area contributed by atoms with Crippen molar-refractivity contribution in [2.75, 3.05) is 5.32 Å². The summed E-state index contributed by atoms with van der Waals surface area (Å²) in [5.74, 6) is -0.246. The van der Waals surface area contributed by atoms with Gasteiger partial charge in [0, 0.05) is 12.1 Å². The van der Waals surface area contributed by atoms with E-state index in [1.165, 1.54) is 12.1 Å². The Morgan fingerprint density at radius 1 is 1.19 bits per heavy atom. The van der Waals surface area contributed by atoms with Crippen LogP contribution < -0.4 is 5.32 Å². The molecule has 3 N–H and O–H groups in total. The number of carboxylic acids is 1. The van der Waals surface area contributed by atoms with E-state index in [0.29, 0.717) is 11.3 Å². The van der Waals surface area contributed by atoms with Gasteiger partial charge in [-0.3, -0.25) is 4.79 Å². The first-order chi connectivity index (χ1) is 12.5. The summed E-state index contributed by atoms with van der Waals surface area (Å²) in [7, 11) is 0. The molecule has 1 amide bonds. The number of carboxylic acid groups (broad SMARTS) is 1. The molecule has 0 fully saturated rings. The van der Waals surface area contributed by atoms with Crippen LogP contribution in [-0.4, -0.2) is 27.0 Å². The van der Waals surface area contributed by atoms with E-state index in [-0.39, 0.29) is 17.9 Å². The quantitative estimate of drug-likeness (QED) is 0.603. The van der Waals surface area contributed by atoms with Gasteiger partial charge in [0.2, 0.25) is 5.91 Å². The third-order valence-corrected chi connectivity index (χ3v) is 4.12. The molecule has 6 nitrogen and oxygen atoms in total. The number of rotatable bonds is 7. The molecule has 0 aliphatic heterocycles. The van der Waals surface area contributed by atoms with Crippen molar-refractivity contribution in [3.8, 4) is 0 Å². The van der Waals surface area contributed by atoms with Crippen molar-refractivity contribution in [3.05, 3.63) is 59.4 Å². The van der Waals surface area contributed by atoms with Crippen molar-refractivity contribution in [2.24, 2.45) is 0 Å². The van der Waals surface area contributed by atoms with Gasteiger partial charge in [0.05, 0.1) is 23.0 Å². The number of aromatic amines is 1. The average molecular weight is 351 g/mol. The predicted octanol–water partition coefficient (Wildman–Crippen LogP) is 3.78. The normalized spacial score (nSPS) is 10.8. The lowest BCUT2D eigenvalue weighted by atomic mass is 10.1. The molecule has 2 aromatic carbocycles. The maximum Gasteiger partial charge on any atom is 0.335 e. The third-order valence-electron chi connectivity index (χ3n) is 4.12. The fraction of sp³-hybridized carbons (Fsp3) is 0.250. The van der Waals surface area contributed by atoms with Gasteiger partial charge in [-0.2, -0.15) is 0 Å². The number of carbonyl (C=O) groups excluding carboxylic acids is 1. The molecular formula is C20H21N3O3. The number of aryl methyl sites for hydroxylation is 1. The Hall–Kier alpha value is -3.15. The van der Waals surface area contributed by atoms with Gasteiger partial charge >= 0.3 is 5.97 Å². The summed E-state index contributed by atoms with van der Waals surface area (Å²) in [6.45, 7) is 2.14. The number of hydrogen-bond donors (Lipinski definition) is 3. The molecule has 1 aromatic heterocycles. The first-order valence-electron chi connectivity index (χ1n) is 8.66. The number of amides is 1. The van der Waals surface area contributed by atoms with Gasteiger partial charge in [-0.15, -0.1) is 0 Å². The van der Waals surface area contributed by atoms with Crippen LogP contribution in [0.4, 0.5) is 5.69 Å². The number of imidazole rings is 1. The van der Waals surface area contributed by atoms with Crippen LogP contribution >= 0.6 is 0 Å². The van der Waals surface area contributed by atoms with E-state index in [4.69, 9.17) is 5.11 Å². The molecule has 26 heavy (non-hydrogen) atoms. The summed E-state index contributed by atoms with van der Waals surface area (Å²) >= 11 is 0. The zero-order valence-electron chi connectivity index (χ0n) is 14.6. The zero-order valence-corrected chi connectivity index (χ0v) is 14.6. The minimum atomic E-state index is -1.00. The van der Waals surface area contributed by atoms with E-state index >= 15 is 0 Å². The molecule has 0 aliphatic carbocycles. The zero-order chi connectivity index (χ0) is 18.5. The van der Waals surface area contributed by atoms with Crippen LogP contribution in [0.25, 0.3) is 11.0 Å². The first-order valence-corrected chi connectivity index (χ1v) is 8.66. The molecule has 3 rings (SSSR count). The first kappa shape index (κ1) is 17.7. The average Bonchev–Trinajstić information content (AvgIpc) is 3.02. The second-order valence-corrected chi connectivity index (χ2v) is 6.25. The van der Waals surface area contributed by atoms with Gasteiger partial charge in [-0.25, -0.2) is 9.78 Å². The monoisotopic (exact) mass is 351 g/mol.